The van der Waals surface area contributed by atoms with E-state index in [9.17, 15) is 8.42 Å². The molecule has 0 saturated heterocycles. The van der Waals surface area contributed by atoms with Crippen LogP contribution in [-0.4, -0.2) is 23.2 Å². The van der Waals surface area contributed by atoms with Crippen LogP contribution in [0.1, 0.15) is 22.7 Å². The van der Waals surface area contributed by atoms with E-state index in [1.807, 2.05) is 73.7 Å². The fraction of sp³-hybridized carbons (Fsp3) is 0.0714. The largest absolute Gasteiger partial charge is 0.324 e. The van der Waals surface area contributed by atoms with Crippen molar-refractivity contribution in [1.29, 1.82) is 0 Å². The maximum absolute atomic E-state index is 13.2. The second-order valence-corrected chi connectivity index (χ2v) is 10.4. The number of benzene rings is 4. The minimum atomic E-state index is -3.89. The highest BCUT2D eigenvalue weighted by Crippen LogP contribution is 2.33. The van der Waals surface area contributed by atoms with E-state index in [2.05, 4.69) is 38.3 Å². The molecule has 1 aliphatic rings. The Bertz CT molecular complexity index is 1710. The van der Waals surface area contributed by atoms with Crippen LogP contribution >= 0.6 is 0 Å². The molecule has 1 atom stereocenters. The van der Waals surface area contributed by atoms with E-state index in [1.54, 1.807) is 22.9 Å². The first-order valence-corrected chi connectivity index (χ1v) is 13.0. The van der Waals surface area contributed by atoms with Crippen LogP contribution in [-0.2, 0) is 10.0 Å². The van der Waals surface area contributed by atoms with Gasteiger partial charge in [-0.25, -0.2) is 17.8 Å². The van der Waals surface area contributed by atoms with E-state index in [0.29, 0.717) is 5.95 Å². The zero-order valence-electron chi connectivity index (χ0n) is 19.5. The van der Waals surface area contributed by atoms with Crippen molar-refractivity contribution < 1.29 is 8.42 Å². The molecule has 2 N–H and O–H groups in total. The van der Waals surface area contributed by atoms with E-state index in [1.165, 1.54) is 0 Å². The monoisotopic (exact) mass is 493 g/mol. The molecule has 4 aromatic carbocycles. The lowest BCUT2D eigenvalue weighted by atomic mass is 10.0. The normalized spacial score (nSPS) is 15.1. The predicted molar refractivity (Wildman–Crippen MR) is 142 cm³/mol. The highest BCUT2D eigenvalue weighted by Gasteiger charge is 2.27. The summed E-state index contributed by atoms with van der Waals surface area (Å²) in [7, 11) is -3.89. The Morgan fingerprint density at radius 3 is 2.36 bits per heavy atom. The topological polar surface area (TPSA) is 88.9 Å². The Hall–Kier alpha value is -4.43. The molecule has 6 rings (SSSR count). The number of rotatable bonds is 5. The smallest absolute Gasteiger partial charge is 0.264 e. The molecule has 2 heterocycles. The molecule has 1 aliphatic heterocycles. The van der Waals surface area contributed by atoms with Gasteiger partial charge in [-0.1, -0.05) is 90.5 Å². The summed E-state index contributed by atoms with van der Waals surface area (Å²) in [6, 6.07) is 30.5. The van der Waals surface area contributed by atoms with Crippen molar-refractivity contribution in [2.45, 2.75) is 17.9 Å². The zero-order valence-corrected chi connectivity index (χ0v) is 20.3. The molecule has 7 nitrogen and oxygen atoms in total. The number of sulfonamides is 1. The first-order chi connectivity index (χ1) is 17.5. The minimum absolute atomic E-state index is 0.00508. The lowest BCUT2D eigenvalue weighted by Gasteiger charge is -2.24. The second kappa shape index (κ2) is 8.66. The van der Waals surface area contributed by atoms with Crippen molar-refractivity contribution >= 4 is 38.4 Å². The number of allylic oxidation sites excluding steroid dienone is 1. The summed E-state index contributed by atoms with van der Waals surface area (Å²) in [5.41, 5.74) is 4.06. The number of anilines is 2. The molecular formula is C28H23N5O2S. The van der Waals surface area contributed by atoms with E-state index >= 15 is 0 Å². The third kappa shape index (κ3) is 4.12. The van der Waals surface area contributed by atoms with Crippen molar-refractivity contribution in [2.75, 3.05) is 10.0 Å². The fourth-order valence-corrected chi connectivity index (χ4v) is 5.31. The van der Waals surface area contributed by atoms with Crippen LogP contribution in [0.3, 0.4) is 0 Å². The Labute approximate surface area is 209 Å². The SMILES string of the molecule is Cc1ccc(C2C=C(c3ccccc3)Nc3nc(NS(=O)(=O)c4ccc5ccccc5c4)nn32)cc1. The lowest BCUT2D eigenvalue weighted by Crippen LogP contribution is -2.20. The third-order valence-electron chi connectivity index (χ3n) is 6.23. The van der Waals surface area contributed by atoms with Crippen LogP contribution in [0.2, 0.25) is 0 Å². The molecule has 1 aromatic heterocycles. The average Bonchev–Trinajstić information content (AvgIpc) is 3.30. The van der Waals surface area contributed by atoms with Crippen LogP contribution in [0.4, 0.5) is 11.9 Å². The number of fused-ring (bicyclic) bond motifs is 2. The summed E-state index contributed by atoms with van der Waals surface area (Å²) >= 11 is 0. The molecule has 0 fully saturated rings. The molecule has 36 heavy (non-hydrogen) atoms. The van der Waals surface area contributed by atoms with E-state index in [0.717, 1.165) is 33.2 Å². The lowest BCUT2D eigenvalue weighted by molar-refractivity contribution is 0.599. The van der Waals surface area contributed by atoms with Gasteiger partial charge in [-0.2, -0.15) is 4.98 Å². The van der Waals surface area contributed by atoms with Crippen molar-refractivity contribution in [3.05, 3.63) is 120 Å². The number of aromatic nitrogens is 3. The number of nitrogens with one attached hydrogen (secondary N) is 2. The maximum atomic E-state index is 13.2. The van der Waals surface area contributed by atoms with E-state index in [-0.39, 0.29) is 16.9 Å². The third-order valence-corrected chi connectivity index (χ3v) is 7.55. The van der Waals surface area contributed by atoms with Crippen molar-refractivity contribution in [1.82, 2.24) is 14.8 Å². The van der Waals surface area contributed by atoms with Crippen molar-refractivity contribution in [3.63, 3.8) is 0 Å². The molecular weight excluding hydrogens is 470 g/mol. The van der Waals surface area contributed by atoms with Gasteiger partial charge in [0, 0.05) is 5.70 Å². The Morgan fingerprint density at radius 2 is 1.58 bits per heavy atom. The number of hydrogen-bond donors (Lipinski definition) is 2. The number of hydrogen-bond acceptors (Lipinski definition) is 5. The maximum Gasteiger partial charge on any atom is 0.264 e. The van der Waals surface area contributed by atoms with E-state index < -0.39 is 10.0 Å². The Morgan fingerprint density at radius 1 is 0.861 bits per heavy atom. The summed E-state index contributed by atoms with van der Waals surface area (Å²) in [6.07, 6.45) is 2.07. The van der Waals surface area contributed by atoms with Crippen LogP contribution in [0, 0.1) is 6.92 Å². The zero-order chi connectivity index (χ0) is 24.7. The standard InChI is InChI=1S/C28H23N5O2S/c1-19-11-13-22(14-12-19)26-18-25(21-8-3-2-4-9-21)29-28-30-27(31-33(26)28)32-36(34,35)24-16-15-20-7-5-6-10-23(20)17-24/h2-18,26H,1H3,(H2,29,30,31,32). The van der Waals surface area contributed by atoms with Crippen LogP contribution in [0.15, 0.2) is 108 Å². The van der Waals surface area contributed by atoms with Gasteiger partial charge >= 0.3 is 0 Å². The van der Waals surface area contributed by atoms with Gasteiger partial charge in [0.1, 0.15) is 6.04 Å². The van der Waals surface area contributed by atoms with Gasteiger partial charge in [0.15, 0.2) is 0 Å². The van der Waals surface area contributed by atoms with Gasteiger partial charge in [-0.3, -0.25) is 0 Å². The molecule has 0 aliphatic carbocycles. The molecule has 178 valence electrons. The van der Waals surface area contributed by atoms with Crippen LogP contribution < -0.4 is 10.0 Å². The summed E-state index contributed by atoms with van der Waals surface area (Å²) in [6.45, 7) is 2.04. The highest BCUT2D eigenvalue weighted by atomic mass is 32.2. The summed E-state index contributed by atoms with van der Waals surface area (Å²) in [5, 5.41) is 9.66. The quantitative estimate of drug-likeness (QED) is 0.333. The molecule has 8 heteroatoms. The van der Waals surface area contributed by atoms with E-state index in [4.69, 9.17) is 0 Å². The number of nitrogens with zero attached hydrogens (tertiary/aromatic N) is 3. The highest BCUT2D eigenvalue weighted by molar-refractivity contribution is 7.92. The van der Waals surface area contributed by atoms with Crippen LogP contribution in [0.5, 0.6) is 0 Å². The average molecular weight is 494 g/mol. The first-order valence-electron chi connectivity index (χ1n) is 11.6. The van der Waals surface area contributed by atoms with Gasteiger partial charge in [0.05, 0.1) is 4.90 Å². The Kier molecular flexibility index (Phi) is 5.30. The summed E-state index contributed by atoms with van der Waals surface area (Å²) in [4.78, 5) is 4.66. The summed E-state index contributed by atoms with van der Waals surface area (Å²) in [5.74, 6) is 0.462. The molecule has 0 spiro atoms. The molecule has 1 unspecified atom stereocenters. The fourth-order valence-electron chi connectivity index (χ4n) is 4.34. The van der Waals surface area contributed by atoms with Crippen LogP contribution in [0.25, 0.3) is 16.5 Å². The molecule has 0 radical (unpaired) electrons. The minimum Gasteiger partial charge on any atom is -0.324 e. The Balaban J connectivity index is 1.37. The number of aryl methyl sites for hydroxylation is 1. The van der Waals surface area contributed by atoms with Gasteiger partial charge < -0.3 is 5.32 Å². The van der Waals surface area contributed by atoms with Crippen molar-refractivity contribution in [2.24, 2.45) is 0 Å². The van der Waals surface area contributed by atoms with Gasteiger partial charge in [-0.05, 0) is 47.0 Å². The molecule has 5 aromatic rings. The van der Waals surface area contributed by atoms with Crippen molar-refractivity contribution in [3.8, 4) is 0 Å². The molecule has 0 saturated carbocycles. The first kappa shape index (κ1) is 22.1. The second-order valence-electron chi connectivity index (χ2n) is 8.74. The van der Waals surface area contributed by atoms with Gasteiger partial charge in [0.2, 0.25) is 5.95 Å². The van der Waals surface area contributed by atoms with Gasteiger partial charge in [0.25, 0.3) is 16.0 Å². The summed E-state index contributed by atoms with van der Waals surface area (Å²) < 4.78 is 30.7. The molecule has 0 bridgehead atoms. The van der Waals surface area contributed by atoms with Gasteiger partial charge in [-0.15, -0.1) is 5.10 Å². The predicted octanol–water partition coefficient (Wildman–Crippen LogP) is 5.60. The molecule has 0 amide bonds.